The van der Waals surface area contributed by atoms with Crippen molar-refractivity contribution in [3.05, 3.63) is 94.6 Å². The number of halogens is 2. The standard InChI is InChI=1S/C24H17Cl2N3O/c25-17-9-11-18(12-10-17)29-24(30-14-13-16-5-1-3-7-21(16)26)20-15-27-22-8-4-2-6-19(22)23(20)28-29/h1-12,15H,13-14H2. The van der Waals surface area contributed by atoms with Crippen molar-refractivity contribution in [2.24, 2.45) is 0 Å². The van der Waals surface area contributed by atoms with Crippen molar-refractivity contribution in [2.75, 3.05) is 6.61 Å². The van der Waals surface area contributed by atoms with Gasteiger partial charge in [-0.25, -0.2) is 0 Å². The molecule has 4 nitrogen and oxygen atoms in total. The molecule has 0 spiro atoms. The number of rotatable bonds is 5. The molecule has 0 saturated carbocycles. The van der Waals surface area contributed by atoms with Crippen LogP contribution in [0.4, 0.5) is 0 Å². The summed E-state index contributed by atoms with van der Waals surface area (Å²) in [7, 11) is 0. The number of hydrogen-bond donors (Lipinski definition) is 0. The summed E-state index contributed by atoms with van der Waals surface area (Å²) in [6.07, 6.45) is 2.51. The molecule has 0 saturated heterocycles. The number of fused-ring (bicyclic) bond motifs is 3. The molecule has 0 N–H and O–H groups in total. The first-order valence-corrected chi connectivity index (χ1v) is 10.3. The van der Waals surface area contributed by atoms with Gasteiger partial charge >= 0.3 is 0 Å². The van der Waals surface area contributed by atoms with Gasteiger partial charge in [-0.2, -0.15) is 9.78 Å². The van der Waals surface area contributed by atoms with Gasteiger partial charge in [-0.3, -0.25) is 4.98 Å². The van der Waals surface area contributed by atoms with Gasteiger partial charge in [0.1, 0.15) is 5.52 Å². The Morgan fingerprint density at radius 2 is 1.60 bits per heavy atom. The van der Waals surface area contributed by atoms with Gasteiger partial charge in [-0.15, -0.1) is 0 Å². The lowest BCUT2D eigenvalue weighted by atomic mass is 10.1. The van der Waals surface area contributed by atoms with Crippen LogP contribution in [-0.4, -0.2) is 21.4 Å². The second-order valence-corrected chi connectivity index (χ2v) is 7.76. The van der Waals surface area contributed by atoms with Crippen molar-refractivity contribution in [3.8, 4) is 11.6 Å². The summed E-state index contributed by atoms with van der Waals surface area (Å²) in [4.78, 5) is 4.60. The molecular weight excluding hydrogens is 417 g/mol. The van der Waals surface area contributed by atoms with Gasteiger partial charge in [-0.05, 0) is 42.0 Å². The molecular formula is C24H17Cl2N3O. The highest BCUT2D eigenvalue weighted by Gasteiger charge is 2.17. The SMILES string of the molecule is Clc1ccc(-n2nc3c(cnc4ccccc43)c2OCCc2ccccc2Cl)cc1. The highest BCUT2D eigenvalue weighted by Crippen LogP contribution is 2.33. The summed E-state index contributed by atoms with van der Waals surface area (Å²) in [5.74, 6) is 0.651. The monoisotopic (exact) mass is 433 g/mol. The minimum Gasteiger partial charge on any atom is -0.477 e. The molecule has 0 amide bonds. The van der Waals surface area contributed by atoms with E-state index in [1.807, 2.05) is 83.7 Å². The van der Waals surface area contributed by atoms with Gasteiger partial charge < -0.3 is 4.74 Å². The average Bonchev–Trinajstić information content (AvgIpc) is 3.15. The first-order valence-electron chi connectivity index (χ1n) is 9.59. The van der Waals surface area contributed by atoms with E-state index in [1.165, 1.54) is 0 Å². The molecule has 5 aromatic rings. The van der Waals surface area contributed by atoms with Crippen molar-refractivity contribution >= 4 is 45.0 Å². The van der Waals surface area contributed by atoms with Crippen LogP contribution in [0.15, 0.2) is 79.0 Å². The minimum absolute atomic E-state index is 0.463. The Morgan fingerprint density at radius 3 is 2.43 bits per heavy atom. The lowest BCUT2D eigenvalue weighted by Gasteiger charge is -2.10. The topological polar surface area (TPSA) is 39.9 Å². The van der Waals surface area contributed by atoms with Crippen LogP contribution in [0.3, 0.4) is 0 Å². The third kappa shape index (κ3) is 3.49. The van der Waals surface area contributed by atoms with E-state index in [9.17, 15) is 0 Å². The smallest absolute Gasteiger partial charge is 0.226 e. The van der Waals surface area contributed by atoms with E-state index in [1.54, 1.807) is 0 Å². The zero-order valence-corrected chi connectivity index (χ0v) is 17.4. The van der Waals surface area contributed by atoms with E-state index in [0.29, 0.717) is 23.9 Å². The third-order valence-electron chi connectivity index (χ3n) is 5.01. The quantitative estimate of drug-likeness (QED) is 0.317. The molecule has 0 unspecified atom stereocenters. The average molecular weight is 434 g/mol. The Labute approximate surface area is 183 Å². The van der Waals surface area contributed by atoms with Gasteiger partial charge in [-0.1, -0.05) is 59.6 Å². The van der Waals surface area contributed by atoms with Crippen LogP contribution in [0.1, 0.15) is 5.56 Å². The van der Waals surface area contributed by atoms with E-state index >= 15 is 0 Å². The molecule has 6 heteroatoms. The number of benzene rings is 3. The van der Waals surface area contributed by atoms with Gasteiger partial charge in [0.25, 0.3) is 0 Å². The number of hydrogen-bond acceptors (Lipinski definition) is 3. The number of nitrogens with zero attached hydrogens (tertiary/aromatic N) is 3. The van der Waals surface area contributed by atoms with Crippen molar-refractivity contribution in [1.29, 1.82) is 0 Å². The molecule has 0 aliphatic carbocycles. The van der Waals surface area contributed by atoms with Crippen LogP contribution in [0.25, 0.3) is 27.5 Å². The van der Waals surface area contributed by atoms with E-state index in [0.717, 1.165) is 38.1 Å². The zero-order chi connectivity index (χ0) is 20.5. The van der Waals surface area contributed by atoms with Gasteiger partial charge in [0.15, 0.2) is 0 Å². The Kier molecular flexibility index (Phi) is 5.03. The maximum atomic E-state index is 6.29. The molecule has 0 bridgehead atoms. The highest BCUT2D eigenvalue weighted by molar-refractivity contribution is 6.31. The Morgan fingerprint density at radius 1 is 0.833 bits per heavy atom. The lowest BCUT2D eigenvalue weighted by molar-refractivity contribution is 0.303. The van der Waals surface area contributed by atoms with Gasteiger partial charge in [0.05, 0.1) is 23.2 Å². The highest BCUT2D eigenvalue weighted by atomic mass is 35.5. The van der Waals surface area contributed by atoms with Crippen molar-refractivity contribution in [3.63, 3.8) is 0 Å². The summed E-state index contributed by atoms with van der Waals surface area (Å²) < 4.78 is 8.06. The number of pyridine rings is 1. The molecule has 0 atom stereocenters. The van der Waals surface area contributed by atoms with Crippen LogP contribution in [0, 0.1) is 0 Å². The van der Waals surface area contributed by atoms with E-state index < -0.39 is 0 Å². The number of para-hydroxylation sites is 1. The second-order valence-electron chi connectivity index (χ2n) is 6.92. The van der Waals surface area contributed by atoms with Crippen LogP contribution in [0.5, 0.6) is 5.88 Å². The second kappa shape index (κ2) is 7.98. The van der Waals surface area contributed by atoms with Crippen molar-refractivity contribution in [2.45, 2.75) is 6.42 Å². The fraction of sp³-hybridized carbons (Fsp3) is 0.0833. The lowest BCUT2D eigenvalue weighted by Crippen LogP contribution is -2.07. The largest absolute Gasteiger partial charge is 0.477 e. The Balaban J connectivity index is 1.58. The van der Waals surface area contributed by atoms with Crippen LogP contribution in [-0.2, 0) is 6.42 Å². The number of aromatic nitrogens is 3. The predicted octanol–water partition coefficient (Wildman–Crippen LogP) is 6.50. The first kappa shape index (κ1) is 18.9. The maximum Gasteiger partial charge on any atom is 0.226 e. The minimum atomic E-state index is 0.463. The zero-order valence-electron chi connectivity index (χ0n) is 15.9. The molecule has 5 rings (SSSR count). The summed E-state index contributed by atoms with van der Waals surface area (Å²) in [5, 5.41) is 8.13. The molecule has 2 aromatic heterocycles. The summed E-state index contributed by atoms with van der Waals surface area (Å²) in [6, 6.07) is 23.3. The fourth-order valence-corrected chi connectivity index (χ4v) is 3.86. The van der Waals surface area contributed by atoms with Crippen LogP contribution in [0.2, 0.25) is 10.0 Å². The summed E-state index contributed by atoms with van der Waals surface area (Å²) in [6.45, 7) is 0.463. The van der Waals surface area contributed by atoms with Crippen LogP contribution >= 0.6 is 23.2 Å². The van der Waals surface area contributed by atoms with Crippen molar-refractivity contribution in [1.82, 2.24) is 14.8 Å². The van der Waals surface area contributed by atoms with E-state index in [-0.39, 0.29) is 0 Å². The Bertz CT molecular complexity index is 1350. The number of ether oxygens (including phenoxy) is 1. The molecule has 0 radical (unpaired) electrons. The molecule has 2 heterocycles. The predicted molar refractivity (Wildman–Crippen MR) is 122 cm³/mol. The van der Waals surface area contributed by atoms with Crippen molar-refractivity contribution < 1.29 is 4.74 Å². The molecule has 0 aliphatic rings. The molecule has 3 aromatic carbocycles. The summed E-state index contributed by atoms with van der Waals surface area (Å²) in [5.41, 5.74) is 3.66. The van der Waals surface area contributed by atoms with E-state index in [4.69, 9.17) is 33.0 Å². The van der Waals surface area contributed by atoms with Gasteiger partial charge in [0, 0.05) is 28.0 Å². The molecule has 0 aliphatic heterocycles. The first-order chi connectivity index (χ1) is 14.7. The molecule has 30 heavy (non-hydrogen) atoms. The molecule has 148 valence electrons. The molecule has 0 fully saturated rings. The van der Waals surface area contributed by atoms with Crippen LogP contribution < -0.4 is 4.74 Å². The Hall–Kier alpha value is -3.08. The third-order valence-corrected chi connectivity index (χ3v) is 5.63. The van der Waals surface area contributed by atoms with Gasteiger partial charge in [0.2, 0.25) is 5.88 Å². The fourth-order valence-electron chi connectivity index (χ4n) is 3.51. The van der Waals surface area contributed by atoms with E-state index in [2.05, 4.69) is 4.98 Å². The maximum absolute atomic E-state index is 6.29. The normalized spacial score (nSPS) is 11.3. The summed E-state index contributed by atoms with van der Waals surface area (Å²) >= 11 is 12.4.